The van der Waals surface area contributed by atoms with Gasteiger partial charge in [-0.25, -0.2) is 0 Å². The van der Waals surface area contributed by atoms with Crippen LogP contribution in [-0.4, -0.2) is 61.7 Å². The molecule has 2 saturated heterocycles. The largest absolute Gasteiger partial charge is 0.316 e. The first-order valence-corrected chi connectivity index (χ1v) is 7.37. The zero-order chi connectivity index (χ0) is 12.3. The highest BCUT2D eigenvalue weighted by Gasteiger charge is 2.27. The van der Waals surface area contributed by atoms with Gasteiger partial charge in [-0.1, -0.05) is 13.8 Å². The van der Waals surface area contributed by atoms with Gasteiger partial charge in [0.25, 0.3) is 0 Å². The lowest BCUT2D eigenvalue weighted by Crippen LogP contribution is -2.50. The molecule has 0 aromatic carbocycles. The van der Waals surface area contributed by atoms with Gasteiger partial charge >= 0.3 is 0 Å². The van der Waals surface area contributed by atoms with Crippen LogP contribution in [0, 0.1) is 11.8 Å². The number of nitrogens with one attached hydrogen (secondary N) is 1. The predicted molar refractivity (Wildman–Crippen MR) is 73.3 cm³/mol. The highest BCUT2D eigenvalue weighted by Crippen LogP contribution is 2.18. The van der Waals surface area contributed by atoms with Crippen LogP contribution < -0.4 is 5.32 Å². The first-order valence-electron chi connectivity index (χ1n) is 7.37. The standard InChI is InChI=1S/C14H29N3/c1-4-13(3)17-7-5-16(6-8-17)11-14-10-15-9-12(14)2/h12-15H,4-11H2,1-3H3/t12-,13?,14+/m1/s1. The van der Waals surface area contributed by atoms with Gasteiger partial charge in [-0.05, 0) is 38.3 Å². The molecule has 0 saturated carbocycles. The van der Waals surface area contributed by atoms with Crippen molar-refractivity contribution in [2.24, 2.45) is 11.8 Å². The third kappa shape index (κ3) is 3.43. The third-order valence-electron chi connectivity index (χ3n) is 4.79. The summed E-state index contributed by atoms with van der Waals surface area (Å²) in [5.74, 6) is 1.74. The van der Waals surface area contributed by atoms with E-state index in [-0.39, 0.29) is 0 Å². The molecule has 3 atom stereocenters. The molecule has 2 rings (SSSR count). The normalized spacial score (nSPS) is 34.1. The molecule has 3 nitrogen and oxygen atoms in total. The minimum absolute atomic E-state index is 0.768. The summed E-state index contributed by atoms with van der Waals surface area (Å²) in [6.07, 6.45) is 1.28. The van der Waals surface area contributed by atoms with E-state index in [1.807, 2.05) is 0 Å². The van der Waals surface area contributed by atoms with Gasteiger partial charge in [0.05, 0.1) is 0 Å². The molecule has 2 aliphatic rings. The average Bonchev–Trinajstić information content (AvgIpc) is 2.75. The van der Waals surface area contributed by atoms with Gasteiger partial charge in [-0.15, -0.1) is 0 Å². The molecular weight excluding hydrogens is 210 g/mol. The Morgan fingerprint density at radius 2 is 1.88 bits per heavy atom. The second-order valence-corrected chi connectivity index (χ2v) is 5.99. The Kier molecular flexibility index (Phi) is 4.83. The summed E-state index contributed by atoms with van der Waals surface area (Å²) in [5, 5.41) is 3.51. The van der Waals surface area contributed by atoms with Crippen molar-refractivity contribution < 1.29 is 0 Å². The Labute approximate surface area is 107 Å². The van der Waals surface area contributed by atoms with E-state index in [0.29, 0.717) is 0 Å². The van der Waals surface area contributed by atoms with Crippen LogP contribution in [-0.2, 0) is 0 Å². The number of hydrogen-bond donors (Lipinski definition) is 1. The summed E-state index contributed by atoms with van der Waals surface area (Å²) in [5.41, 5.74) is 0. The lowest BCUT2D eigenvalue weighted by molar-refractivity contribution is 0.0878. The van der Waals surface area contributed by atoms with Crippen molar-refractivity contribution >= 4 is 0 Å². The van der Waals surface area contributed by atoms with E-state index in [1.54, 1.807) is 0 Å². The van der Waals surface area contributed by atoms with Crippen molar-refractivity contribution in [3.8, 4) is 0 Å². The zero-order valence-electron chi connectivity index (χ0n) is 11.8. The maximum absolute atomic E-state index is 3.51. The zero-order valence-corrected chi connectivity index (χ0v) is 11.8. The maximum Gasteiger partial charge on any atom is 0.0113 e. The lowest BCUT2D eigenvalue weighted by Gasteiger charge is -2.39. The molecule has 2 aliphatic heterocycles. The molecule has 1 unspecified atom stereocenters. The van der Waals surface area contributed by atoms with Crippen LogP contribution in [0.5, 0.6) is 0 Å². The smallest absolute Gasteiger partial charge is 0.0113 e. The van der Waals surface area contributed by atoms with E-state index < -0.39 is 0 Å². The molecule has 100 valence electrons. The molecule has 0 amide bonds. The quantitative estimate of drug-likeness (QED) is 0.797. The number of nitrogens with zero attached hydrogens (tertiary/aromatic N) is 2. The SMILES string of the molecule is CCC(C)N1CCN(C[C@@H]2CNC[C@H]2C)CC1. The highest BCUT2D eigenvalue weighted by atomic mass is 15.3. The van der Waals surface area contributed by atoms with Crippen molar-refractivity contribution in [3.63, 3.8) is 0 Å². The maximum atomic E-state index is 3.51. The molecule has 0 aromatic rings. The van der Waals surface area contributed by atoms with Gasteiger partial charge in [0.15, 0.2) is 0 Å². The van der Waals surface area contributed by atoms with Crippen molar-refractivity contribution in [2.75, 3.05) is 45.8 Å². The number of rotatable bonds is 4. The van der Waals surface area contributed by atoms with Gasteiger partial charge in [0.1, 0.15) is 0 Å². The molecule has 0 aliphatic carbocycles. The second-order valence-electron chi connectivity index (χ2n) is 5.99. The molecule has 2 heterocycles. The Balaban J connectivity index is 1.72. The number of piperazine rings is 1. The summed E-state index contributed by atoms with van der Waals surface area (Å²) in [6, 6.07) is 0.768. The molecule has 2 fully saturated rings. The highest BCUT2D eigenvalue weighted by molar-refractivity contribution is 4.83. The first kappa shape index (κ1) is 13.3. The van der Waals surface area contributed by atoms with E-state index in [2.05, 4.69) is 35.9 Å². The van der Waals surface area contributed by atoms with Crippen LogP contribution in [0.2, 0.25) is 0 Å². The van der Waals surface area contributed by atoms with Crippen LogP contribution in [0.4, 0.5) is 0 Å². The van der Waals surface area contributed by atoms with E-state index in [9.17, 15) is 0 Å². The molecule has 0 aromatic heterocycles. The van der Waals surface area contributed by atoms with Gasteiger partial charge in [-0.2, -0.15) is 0 Å². The van der Waals surface area contributed by atoms with Gasteiger partial charge in [-0.3, -0.25) is 4.90 Å². The minimum atomic E-state index is 0.768. The van der Waals surface area contributed by atoms with Gasteiger partial charge in [0.2, 0.25) is 0 Å². The first-order chi connectivity index (χ1) is 8.20. The molecular formula is C14H29N3. The Morgan fingerprint density at radius 1 is 1.18 bits per heavy atom. The van der Waals surface area contributed by atoms with E-state index >= 15 is 0 Å². The van der Waals surface area contributed by atoms with Crippen LogP contribution >= 0.6 is 0 Å². The van der Waals surface area contributed by atoms with Crippen LogP contribution in [0.1, 0.15) is 27.2 Å². The molecule has 0 spiro atoms. The fraction of sp³-hybridized carbons (Fsp3) is 1.00. The Morgan fingerprint density at radius 3 is 2.41 bits per heavy atom. The van der Waals surface area contributed by atoms with Crippen LogP contribution in [0.15, 0.2) is 0 Å². The minimum Gasteiger partial charge on any atom is -0.316 e. The van der Waals surface area contributed by atoms with Crippen molar-refractivity contribution in [1.82, 2.24) is 15.1 Å². The Bertz CT molecular complexity index is 224. The monoisotopic (exact) mass is 239 g/mol. The number of hydrogen-bond acceptors (Lipinski definition) is 3. The van der Waals surface area contributed by atoms with Crippen molar-refractivity contribution in [1.29, 1.82) is 0 Å². The Hall–Kier alpha value is -0.120. The molecule has 17 heavy (non-hydrogen) atoms. The fourth-order valence-corrected chi connectivity index (χ4v) is 3.09. The predicted octanol–water partition coefficient (Wildman–Crippen LogP) is 1.26. The van der Waals surface area contributed by atoms with Crippen molar-refractivity contribution in [2.45, 2.75) is 33.2 Å². The summed E-state index contributed by atoms with van der Waals surface area (Å²) in [6.45, 7) is 15.9. The third-order valence-corrected chi connectivity index (χ3v) is 4.79. The van der Waals surface area contributed by atoms with Crippen molar-refractivity contribution in [3.05, 3.63) is 0 Å². The van der Waals surface area contributed by atoms with E-state index in [0.717, 1.165) is 17.9 Å². The van der Waals surface area contributed by atoms with Gasteiger partial charge < -0.3 is 10.2 Å². The molecule has 0 bridgehead atoms. The molecule has 3 heteroatoms. The molecule has 1 N–H and O–H groups in total. The van der Waals surface area contributed by atoms with E-state index in [4.69, 9.17) is 0 Å². The summed E-state index contributed by atoms with van der Waals surface area (Å²) in [4.78, 5) is 5.32. The fourth-order valence-electron chi connectivity index (χ4n) is 3.09. The van der Waals surface area contributed by atoms with Crippen LogP contribution in [0.25, 0.3) is 0 Å². The topological polar surface area (TPSA) is 18.5 Å². The summed E-state index contributed by atoms with van der Waals surface area (Å²) < 4.78 is 0. The van der Waals surface area contributed by atoms with Gasteiger partial charge in [0, 0.05) is 38.8 Å². The average molecular weight is 239 g/mol. The lowest BCUT2D eigenvalue weighted by atomic mass is 9.97. The molecule has 0 radical (unpaired) electrons. The van der Waals surface area contributed by atoms with Crippen LogP contribution in [0.3, 0.4) is 0 Å². The second kappa shape index (κ2) is 6.17. The van der Waals surface area contributed by atoms with E-state index in [1.165, 1.54) is 52.2 Å². The summed E-state index contributed by atoms with van der Waals surface area (Å²) in [7, 11) is 0. The summed E-state index contributed by atoms with van der Waals surface area (Å²) >= 11 is 0.